The zero-order valence-corrected chi connectivity index (χ0v) is 83.0. The van der Waals surface area contributed by atoms with Gasteiger partial charge in [0.2, 0.25) is 0 Å². The van der Waals surface area contributed by atoms with E-state index in [4.69, 9.17) is 8.83 Å². The SMILES string of the molecule is c1ccc(-c2ccccc2-c2sc(-c3c(-c4ccccc4)oc4ccccc34)c3ccccc23)cc1.c1ccc(-c2ccccc2-c2sc(-c3c(-c4ccccc4)sc4ccccc34)c3ccccc23)cc1.c1ccc(-c2ccccc2-c2sc(-c3oc4ccccc4c3-c3ccccc3)c3ccccc23)cc1.c1ccc(-c2ccccc2-c2sc(-c3sc4ccccc4c3-c3ccccc3)c3ccccc23)cc1. The molecule has 8 heterocycles. The predicted octanol–water partition coefficient (Wildman–Crippen LogP) is 42.2. The maximum atomic E-state index is 6.62. The van der Waals surface area contributed by atoms with Gasteiger partial charge < -0.3 is 8.83 Å². The van der Waals surface area contributed by atoms with Gasteiger partial charge in [-0.1, -0.05) is 510 Å². The number of fused-ring (bicyclic) bond motifs is 8. The number of rotatable bonds is 16. The molecule has 0 aliphatic carbocycles. The Morgan fingerprint density at radius 3 is 0.715 bits per heavy atom. The number of furan rings is 2. The summed E-state index contributed by atoms with van der Waals surface area (Å²) in [6.45, 7) is 0. The van der Waals surface area contributed by atoms with Crippen LogP contribution in [-0.4, -0.2) is 0 Å². The number of hydrogen-bond acceptors (Lipinski definition) is 8. The van der Waals surface area contributed by atoms with E-state index in [0.717, 1.165) is 44.6 Å². The van der Waals surface area contributed by atoms with Crippen LogP contribution in [0.1, 0.15) is 0 Å². The second-order valence-electron chi connectivity index (χ2n) is 35.5. The molecule has 0 saturated heterocycles. The molecule has 0 bridgehead atoms. The van der Waals surface area contributed by atoms with E-state index >= 15 is 0 Å². The predicted molar refractivity (Wildman–Crippen MR) is 625 cm³/mol. The van der Waals surface area contributed by atoms with Crippen LogP contribution in [0.5, 0.6) is 0 Å². The van der Waals surface area contributed by atoms with Gasteiger partial charge in [0.05, 0.1) is 14.6 Å². The fraction of sp³-hybridized carbons (Fsp3) is 0. The Morgan fingerprint density at radius 1 is 0.111 bits per heavy atom. The third-order valence-electron chi connectivity index (χ3n) is 27.0. The molecule has 0 amide bonds. The van der Waals surface area contributed by atoms with E-state index in [9.17, 15) is 0 Å². The van der Waals surface area contributed by atoms with Gasteiger partial charge in [0.15, 0.2) is 5.76 Å². The molecular weight excluding hydrogens is 1860 g/mol. The Hall–Kier alpha value is -16.8. The monoisotopic (exact) mass is 1940 g/mol. The molecule has 20 aromatic carbocycles. The maximum absolute atomic E-state index is 6.62. The van der Waals surface area contributed by atoms with E-state index in [1.807, 2.05) is 86.2 Å². The molecule has 144 heavy (non-hydrogen) atoms. The first-order chi connectivity index (χ1) is 71.5. The molecule has 8 heteroatoms. The standard InChI is InChI=1S/2C34H22OS.2C34H22S2/c1-3-13-23(14-4-1)25-17-7-8-18-26(25)33-27-19-9-10-20-28(27)34(36-33)31-29-21-11-12-22-30(29)35-32(31)24-15-5-2-6-16-24;1-3-13-23(14-4-1)25-17-7-8-18-26(25)33-27-19-9-10-20-28(27)34(36-33)32-31(24-15-5-2-6-16-24)29-21-11-12-22-30(29)35-32;1-3-13-23(14-4-1)25-17-7-8-18-26(25)33-27-19-9-10-20-28(27)34(36-33)31-29-21-11-12-22-30(29)35-32(31)24-15-5-2-6-16-24;1-3-13-23(14-4-1)25-17-7-8-18-26(25)32-27-19-9-10-20-28(27)33(36-32)34-31(24-15-5-2-6-16-24)29-21-11-12-22-30(29)35-34/h4*1-22H. The van der Waals surface area contributed by atoms with Crippen LogP contribution < -0.4 is 0 Å². The van der Waals surface area contributed by atoms with E-state index in [1.165, 1.54) is 212 Å². The lowest BCUT2D eigenvalue weighted by Gasteiger charge is -2.09. The largest absolute Gasteiger partial charge is 0.455 e. The van der Waals surface area contributed by atoms with E-state index in [0.29, 0.717) is 0 Å². The minimum atomic E-state index is 0.912. The second kappa shape index (κ2) is 39.7. The van der Waals surface area contributed by atoms with Crippen molar-refractivity contribution in [3.05, 3.63) is 534 Å². The molecule has 28 aromatic rings. The Morgan fingerprint density at radius 2 is 0.340 bits per heavy atom. The normalized spacial score (nSPS) is 11.3. The van der Waals surface area contributed by atoms with Crippen molar-refractivity contribution < 1.29 is 8.83 Å². The number of thiophene rings is 6. The van der Waals surface area contributed by atoms with Crippen LogP contribution in [0.2, 0.25) is 0 Å². The minimum Gasteiger partial charge on any atom is -0.455 e. The van der Waals surface area contributed by atoms with E-state index in [1.54, 1.807) is 0 Å². The lowest BCUT2D eigenvalue weighted by atomic mass is 9.96. The Kier molecular flexibility index (Phi) is 24.5. The molecule has 0 atom stereocenters. The molecule has 28 rings (SSSR count). The molecule has 0 unspecified atom stereocenters. The van der Waals surface area contributed by atoms with Gasteiger partial charge in [0, 0.05) is 158 Å². The molecule has 0 radical (unpaired) electrons. The average molecular weight is 1950 g/mol. The van der Waals surface area contributed by atoms with E-state index in [-0.39, 0.29) is 0 Å². The van der Waals surface area contributed by atoms with Crippen LogP contribution in [-0.2, 0) is 0 Å². The topological polar surface area (TPSA) is 26.3 Å². The van der Waals surface area contributed by atoms with Gasteiger partial charge in [-0.2, -0.15) is 0 Å². The van der Waals surface area contributed by atoms with Crippen molar-refractivity contribution in [1.82, 2.24) is 0 Å². The van der Waals surface area contributed by atoms with Gasteiger partial charge in [-0.05, 0) is 85.5 Å². The van der Waals surface area contributed by atoms with Crippen LogP contribution in [0, 0.1) is 0 Å². The van der Waals surface area contributed by atoms with Crippen molar-refractivity contribution in [2.45, 2.75) is 0 Å². The van der Waals surface area contributed by atoms with Crippen LogP contribution in [0.4, 0.5) is 0 Å². The van der Waals surface area contributed by atoms with Gasteiger partial charge in [0.25, 0.3) is 0 Å². The molecule has 0 fully saturated rings. The lowest BCUT2D eigenvalue weighted by Crippen LogP contribution is -1.82. The molecule has 0 aliphatic heterocycles. The number of para-hydroxylation sites is 2. The summed E-state index contributed by atoms with van der Waals surface area (Å²) >= 11 is 11.3. The molecule has 680 valence electrons. The zero-order chi connectivity index (χ0) is 95.6. The molecule has 0 aliphatic rings. The zero-order valence-electron chi connectivity index (χ0n) is 78.1. The van der Waals surface area contributed by atoms with Crippen LogP contribution in [0.3, 0.4) is 0 Å². The summed E-state index contributed by atoms with van der Waals surface area (Å²) in [6, 6.07) is 190. The average Bonchev–Trinajstić information content (AvgIpc) is 1.59. The van der Waals surface area contributed by atoms with Gasteiger partial charge in [-0.3, -0.25) is 0 Å². The summed E-state index contributed by atoms with van der Waals surface area (Å²) in [4.78, 5) is 13.0. The summed E-state index contributed by atoms with van der Waals surface area (Å²) < 4.78 is 15.8. The van der Waals surface area contributed by atoms with Gasteiger partial charge in [-0.15, -0.1) is 68.0 Å². The third kappa shape index (κ3) is 16.8. The Labute approximate surface area is 859 Å². The van der Waals surface area contributed by atoms with E-state index < -0.39 is 0 Å². The minimum absolute atomic E-state index is 0.912. The molecular formula is C136H88O2S6. The molecule has 0 saturated carbocycles. The summed E-state index contributed by atoms with van der Waals surface area (Å²) in [7, 11) is 0. The van der Waals surface area contributed by atoms with Crippen molar-refractivity contribution in [2.75, 3.05) is 0 Å². The highest BCUT2D eigenvalue weighted by atomic mass is 32.1. The van der Waals surface area contributed by atoms with Crippen molar-refractivity contribution in [2.24, 2.45) is 0 Å². The maximum Gasteiger partial charge on any atom is 0.153 e. The smallest absolute Gasteiger partial charge is 0.153 e. The first-order valence-corrected chi connectivity index (χ1v) is 53.4. The summed E-state index contributed by atoms with van der Waals surface area (Å²) in [5.41, 5.74) is 26.7. The van der Waals surface area contributed by atoms with Crippen molar-refractivity contribution in [3.63, 3.8) is 0 Å². The third-order valence-corrected chi connectivity index (χ3v) is 34.6. The molecule has 0 spiro atoms. The number of hydrogen-bond donors (Lipinski definition) is 0. The van der Waals surface area contributed by atoms with Crippen molar-refractivity contribution in [3.8, 4) is 172 Å². The van der Waals surface area contributed by atoms with Gasteiger partial charge >= 0.3 is 0 Å². The summed E-state index contributed by atoms with van der Waals surface area (Å²) in [5.74, 6) is 1.86. The van der Waals surface area contributed by atoms with Crippen LogP contribution in [0.25, 0.3) is 257 Å². The fourth-order valence-electron chi connectivity index (χ4n) is 20.4. The van der Waals surface area contributed by atoms with Gasteiger partial charge in [-0.25, -0.2) is 0 Å². The quantitative estimate of drug-likeness (QED) is 0.0964. The van der Waals surface area contributed by atoms with Crippen molar-refractivity contribution >= 4 is 153 Å². The van der Waals surface area contributed by atoms with E-state index in [2.05, 4.69) is 516 Å². The first kappa shape index (κ1) is 88.7. The fourth-order valence-corrected chi connectivity index (χ4v) is 28.4. The molecule has 2 nitrogen and oxygen atoms in total. The lowest BCUT2D eigenvalue weighted by molar-refractivity contribution is 0.632. The van der Waals surface area contributed by atoms with Gasteiger partial charge in [0.1, 0.15) is 16.9 Å². The molecule has 8 aromatic heterocycles. The highest BCUT2D eigenvalue weighted by Gasteiger charge is 2.30. The highest BCUT2D eigenvalue weighted by Crippen LogP contribution is 2.59. The second-order valence-corrected chi connectivity index (χ2v) is 41.7. The Balaban J connectivity index is 0.000000101. The number of benzene rings is 20. The summed E-state index contributed by atoms with van der Waals surface area (Å²) in [5, 5.41) is 15.2. The summed E-state index contributed by atoms with van der Waals surface area (Å²) in [6.07, 6.45) is 0. The first-order valence-electron chi connectivity index (χ1n) is 48.5. The highest BCUT2D eigenvalue weighted by molar-refractivity contribution is 7.29. The van der Waals surface area contributed by atoms with Crippen LogP contribution in [0.15, 0.2) is 543 Å². The Bertz CT molecular complexity index is 8930. The van der Waals surface area contributed by atoms with Crippen molar-refractivity contribution in [1.29, 1.82) is 0 Å². The van der Waals surface area contributed by atoms with Crippen LogP contribution >= 0.6 is 68.0 Å². The molecule has 0 N–H and O–H groups in total.